The molecule has 70 valence electrons. The highest BCUT2D eigenvalue weighted by molar-refractivity contribution is 5.97. The van der Waals surface area contributed by atoms with Gasteiger partial charge in [-0.05, 0) is 0 Å². The minimum Gasteiger partial charge on any atom is -0.494 e. The van der Waals surface area contributed by atoms with Gasteiger partial charge in [-0.25, -0.2) is 4.79 Å². The van der Waals surface area contributed by atoms with Gasteiger partial charge in [0.2, 0.25) is 5.88 Å². The zero-order valence-corrected chi connectivity index (χ0v) is 6.83. The number of carbonyl (C=O) groups excluding carboxylic acids is 1. The molecule has 6 heteroatoms. The van der Waals surface area contributed by atoms with Crippen molar-refractivity contribution < 1.29 is 14.6 Å². The summed E-state index contributed by atoms with van der Waals surface area (Å²) >= 11 is 0. The Hall–Kier alpha value is -1.98. The van der Waals surface area contributed by atoms with Gasteiger partial charge in [0.15, 0.2) is 0 Å². The highest BCUT2D eigenvalue weighted by atomic mass is 16.5. The fourth-order valence-corrected chi connectivity index (χ4v) is 0.882. The summed E-state index contributed by atoms with van der Waals surface area (Å²) in [5.74, 6) is -1.39. The van der Waals surface area contributed by atoms with Crippen molar-refractivity contribution in [2.45, 2.75) is 0 Å². The molecule has 1 heterocycles. The van der Waals surface area contributed by atoms with Crippen LogP contribution in [-0.2, 0) is 4.74 Å². The first-order valence-electron chi connectivity index (χ1n) is 3.36. The van der Waals surface area contributed by atoms with Crippen LogP contribution in [0, 0.1) is 0 Å². The number of aromatic nitrogens is 1. The van der Waals surface area contributed by atoms with E-state index in [4.69, 9.17) is 10.8 Å². The number of nitrogens with two attached hydrogens (primary N) is 1. The average molecular weight is 184 g/mol. The molecule has 13 heavy (non-hydrogen) atoms. The van der Waals surface area contributed by atoms with Crippen LogP contribution in [-0.4, -0.2) is 23.2 Å². The van der Waals surface area contributed by atoms with Crippen LogP contribution in [0.3, 0.4) is 0 Å². The van der Waals surface area contributed by atoms with E-state index < -0.39 is 17.4 Å². The Balaban J connectivity index is 3.37. The number of carbonyl (C=O) groups is 1. The number of hydrogen-bond donors (Lipinski definition) is 3. The van der Waals surface area contributed by atoms with E-state index in [0.29, 0.717) is 0 Å². The van der Waals surface area contributed by atoms with Crippen LogP contribution in [0.25, 0.3) is 0 Å². The molecule has 0 amide bonds. The summed E-state index contributed by atoms with van der Waals surface area (Å²) in [5.41, 5.74) is 4.39. The molecule has 1 rings (SSSR count). The molecule has 0 atom stereocenters. The smallest absolute Gasteiger partial charge is 0.345 e. The molecular weight excluding hydrogens is 176 g/mol. The molecule has 0 fully saturated rings. The topological polar surface area (TPSA) is 105 Å². The lowest BCUT2D eigenvalue weighted by Gasteiger charge is -2.03. The number of nitrogen functional groups attached to an aromatic ring is 1. The molecule has 0 saturated carbocycles. The molecule has 0 unspecified atom stereocenters. The fourth-order valence-electron chi connectivity index (χ4n) is 0.882. The van der Waals surface area contributed by atoms with Crippen molar-refractivity contribution in [3.63, 3.8) is 0 Å². The van der Waals surface area contributed by atoms with Gasteiger partial charge in [0.25, 0.3) is 5.56 Å². The maximum Gasteiger partial charge on any atom is 0.345 e. The third-order valence-corrected chi connectivity index (χ3v) is 1.44. The van der Waals surface area contributed by atoms with Crippen LogP contribution in [0.5, 0.6) is 5.88 Å². The van der Waals surface area contributed by atoms with Crippen molar-refractivity contribution in [3.05, 3.63) is 22.0 Å². The minimum absolute atomic E-state index is 0.117. The first kappa shape index (κ1) is 9.11. The second-order valence-corrected chi connectivity index (χ2v) is 2.30. The molecule has 0 radical (unpaired) electrons. The van der Waals surface area contributed by atoms with E-state index in [9.17, 15) is 9.59 Å². The number of anilines is 1. The Morgan fingerprint density at radius 2 is 2.31 bits per heavy atom. The van der Waals surface area contributed by atoms with Crippen molar-refractivity contribution in [1.29, 1.82) is 0 Å². The van der Waals surface area contributed by atoms with Crippen LogP contribution < -0.4 is 11.3 Å². The van der Waals surface area contributed by atoms with Gasteiger partial charge in [-0.1, -0.05) is 0 Å². The van der Waals surface area contributed by atoms with E-state index in [1.807, 2.05) is 4.98 Å². The number of rotatable bonds is 1. The van der Waals surface area contributed by atoms with Crippen molar-refractivity contribution in [1.82, 2.24) is 4.98 Å². The third kappa shape index (κ3) is 1.61. The first-order chi connectivity index (χ1) is 6.06. The van der Waals surface area contributed by atoms with E-state index in [-0.39, 0.29) is 11.3 Å². The van der Waals surface area contributed by atoms with Crippen LogP contribution in [0.4, 0.5) is 5.69 Å². The molecule has 0 aliphatic rings. The van der Waals surface area contributed by atoms with Crippen molar-refractivity contribution in [2.75, 3.05) is 12.8 Å². The number of esters is 1. The Morgan fingerprint density at radius 3 is 2.77 bits per heavy atom. The van der Waals surface area contributed by atoms with Gasteiger partial charge < -0.3 is 15.6 Å². The van der Waals surface area contributed by atoms with Gasteiger partial charge >= 0.3 is 5.97 Å². The van der Waals surface area contributed by atoms with E-state index in [2.05, 4.69) is 4.74 Å². The monoisotopic (exact) mass is 184 g/mol. The number of H-pyrrole nitrogens is 1. The Morgan fingerprint density at radius 1 is 1.69 bits per heavy atom. The third-order valence-electron chi connectivity index (χ3n) is 1.44. The lowest BCUT2D eigenvalue weighted by Crippen LogP contribution is -2.13. The average Bonchev–Trinajstić information content (AvgIpc) is 2.02. The number of hydrogen-bond acceptors (Lipinski definition) is 5. The van der Waals surface area contributed by atoms with E-state index >= 15 is 0 Å². The minimum atomic E-state index is -0.800. The van der Waals surface area contributed by atoms with E-state index in [1.54, 1.807) is 0 Å². The standard InChI is InChI=1S/C7H8N2O4/c1-13-7(12)5-3(8)2-4(10)9-6(5)11/h2H,1H3,(H4,8,9,10,11). The quantitative estimate of drug-likeness (QED) is 0.508. The SMILES string of the molecule is COC(=O)c1c(N)cc(=O)[nH]c1O. The second kappa shape index (κ2) is 3.18. The second-order valence-electron chi connectivity index (χ2n) is 2.30. The molecule has 4 N–H and O–H groups in total. The van der Waals surface area contributed by atoms with Gasteiger partial charge in [-0.2, -0.15) is 0 Å². The van der Waals surface area contributed by atoms with Crippen molar-refractivity contribution in [3.8, 4) is 5.88 Å². The molecule has 6 nitrogen and oxygen atoms in total. The maximum atomic E-state index is 11.0. The van der Waals surface area contributed by atoms with Gasteiger partial charge in [-0.3, -0.25) is 9.78 Å². The fraction of sp³-hybridized carbons (Fsp3) is 0.143. The van der Waals surface area contributed by atoms with Gasteiger partial charge in [-0.15, -0.1) is 0 Å². The number of aromatic hydroxyl groups is 1. The number of methoxy groups -OCH3 is 1. The normalized spacial score (nSPS) is 9.62. The molecular formula is C7H8N2O4. The van der Waals surface area contributed by atoms with E-state index in [0.717, 1.165) is 13.2 Å². The molecule has 0 bridgehead atoms. The lowest BCUT2D eigenvalue weighted by atomic mass is 10.2. The molecule has 0 spiro atoms. The zero-order chi connectivity index (χ0) is 10.0. The van der Waals surface area contributed by atoms with Crippen LogP contribution in [0.2, 0.25) is 0 Å². The summed E-state index contributed by atoms with van der Waals surface area (Å²) in [6.07, 6.45) is 0. The van der Waals surface area contributed by atoms with Gasteiger partial charge in [0, 0.05) is 6.07 Å². The molecule has 1 aromatic rings. The number of ether oxygens (including phenoxy) is 1. The van der Waals surface area contributed by atoms with E-state index in [1.165, 1.54) is 0 Å². The Labute approximate surface area is 73.0 Å². The number of aromatic amines is 1. The van der Waals surface area contributed by atoms with Gasteiger partial charge in [0.05, 0.1) is 12.8 Å². The Kier molecular flexibility index (Phi) is 2.23. The predicted octanol–water partition coefficient (Wildman–Crippen LogP) is -0.551. The van der Waals surface area contributed by atoms with Crippen LogP contribution in [0.1, 0.15) is 10.4 Å². The summed E-state index contributed by atoms with van der Waals surface area (Å²) in [6, 6.07) is 0.992. The van der Waals surface area contributed by atoms with Crippen LogP contribution in [0.15, 0.2) is 10.9 Å². The van der Waals surface area contributed by atoms with Crippen molar-refractivity contribution >= 4 is 11.7 Å². The molecule has 0 aromatic carbocycles. The molecule has 0 aliphatic carbocycles. The maximum absolute atomic E-state index is 11.0. The summed E-state index contributed by atoms with van der Waals surface area (Å²) in [6.45, 7) is 0. The first-order valence-corrected chi connectivity index (χ1v) is 3.36. The largest absolute Gasteiger partial charge is 0.494 e. The Bertz CT molecular complexity index is 370. The van der Waals surface area contributed by atoms with Crippen LogP contribution >= 0.6 is 0 Å². The van der Waals surface area contributed by atoms with Gasteiger partial charge in [0.1, 0.15) is 5.56 Å². The zero-order valence-electron chi connectivity index (χ0n) is 6.83. The lowest BCUT2D eigenvalue weighted by molar-refractivity contribution is 0.0598. The summed E-state index contributed by atoms with van der Waals surface area (Å²) in [5, 5.41) is 9.14. The molecule has 0 saturated heterocycles. The number of nitrogens with one attached hydrogen (secondary N) is 1. The highest BCUT2D eigenvalue weighted by Gasteiger charge is 2.16. The molecule has 0 aliphatic heterocycles. The summed E-state index contributed by atoms with van der Waals surface area (Å²) in [7, 11) is 1.15. The van der Waals surface area contributed by atoms with Crippen molar-refractivity contribution in [2.24, 2.45) is 0 Å². The summed E-state index contributed by atoms with van der Waals surface area (Å²) in [4.78, 5) is 23.7. The number of pyridine rings is 1. The highest BCUT2D eigenvalue weighted by Crippen LogP contribution is 2.18. The molecule has 1 aromatic heterocycles. The predicted molar refractivity (Wildman–Crippen MR) is 44.5 cm³/mol. The summed E-state index contributed by atoms with van der Waals surface area (Å²) < 4.78 is 4.34.